The Morgan fingerprint density at radius 2 is 1.85 bits per heavy atom. The molecule has 1 rings (SSSR count). The Bertz CT molecular complexity index is 721. The second kappa shape index (κ2) is 11.8. The molecule has 1 aromatic carbocycles. The van der Waals surface area contributed by atoms with Crippen LogP contribution in [0.25, 0.3) is 0 Å². The zero-order chi connectivity index (χ0) is 19.8. The Kier molecular flexibility index (Phi) is 11.4. The number of nitrogens with one attached hydrogen (secondary N) is 3. The summed E-state index contributed by atoms with van der Waals surface area (Å²) in [6, 6.07) is 5.40. The first-order valence-electron chi connectivity index (χ1n) is 8.75. The average molecular weight is 512 g/mol. The zero-order valence-corrected chi connectivity index (χ0v) is 20.2. The Balaban J connectivity index is 0.00000676. The standard InChI is InChI=1S/C18H32N4O3S.HI/c1-7-19-17(21-13-18(4,5)25-6)20-10-11-22-26(23,24)16-12-14(2)8-9-15(16)3;/h8-9,12,22H,7,10-11,13H2,1-6H3,(H2,19,20,21);1H. The molecule has 0 atom stereocenters. The Labute approximate surface area is 180 Å². The van der Waals surface area contributed by atoms with E-state index in [0.717, 1.165) is 11.1 Å². The van der Waals surface area contributed by atoms with E-state index < -0.39 is 10.0 Å². The maximum atomic E-state index is 12.5. The van der Waals surface area contributed by atoms with Crippen LogP contribution in [0.1, 0.15) is 31.9 Å². The molecule has 0 aliphatic carbocycles. The number of hydrogen-bond acceptors (Lipinski definition) is 4. The fourth-order valence-electron chi connectivity index (χ4n) is 2.12. The van der Waals surface area contributed by atoms with Crippen molar-refractivity contribution in [1.82, 2.24) is 15.4 Å². The predicted molar refractivity (Wildman–Crippen MR) is 122 cm³/mol. The molecular formula is C18H33IN4O3S. The second-order valence-electron chi connectivity index (χ2n) is 6.75. The van der Waals surface area contributed by atoms with Crippen LogP contribution in [0.3, 0.4) is 0 Å². The van der Waals surface area contributed by atoms with Gasteiger partial charge in [0.05, 0.1) is 17.0 Å². The fourth-order valence-corrected chi connectivity index (χ4v) is 3.48. The fraction of sp³-hybridized carbons (Fsp3) is 0.611. The van der Waals surface area contributed by atoms with Crippen LogP contribution in [0.2, 0.25) is 0 Å². The largest absolute Gasteiger partial charge is 0.377 e. The van der Waals surface area contributed by atoms with Crippen molar-refractivity contribution in [3.8, 4) is 0 Å². The molecule has 0 radical (unpaired) electrons. The third-order valence-electron chi connectivity index (χ3n) is 3.86. The van der Waals surface area contributed by atoms with Crippen molar-refractivity contribution < 1.29 is 13.2 Å². The van der Waals surface area contributed by atoms with Crippen molar-refractivity contribution in [3.63, 3.8) is 0 Å². The van der Waals surface area contributed by atoms with Crippen LogP contribution in [0.4, 0.5) is 0 Å². The van der Waals surface area contributed by atoms with Crippen molar-refractivity contribution in [2.75, 3.05) is 33.3 Å². The van der Waals surface area contributed by atoms with Gasteiger partial charge in [0.2, 0.25) is 10.0 Å². The SMILES string of the molecule is CCNC(=NCC(C)(C)OC)NCCNS(=O)(=O)c1cc(C)ccc1C.I. The summed E-state index contributed by atoms with van der Waals surface area (Å²) in [5.41, 5.74) is 1.29. The maximum Gasteiger partial charge on any atom is 0.240 e. The van der Waals surface area contributed by atoms with Gasteiger partial charge in [0.1, 0.15) is 0 Å². The van der Waals surface area contributed by atoms with Crippen molar-refractivity contribution in [3.05, 3.63) is 29.3 Å². The van der Waals surface area contributed by atoms with Gasteiger partial charge in [-0.2, -0.15) is 0 Å². The summed E-state index contributed by atoms with van der Waals surface area (Å²) in [7, 11) is -1.88. The Morgan fingerprint density at radius 3 is 2.44 bits per heavy atom. The van der Waals surface area contributed by atoms with E-state index in [1.165, 1.54) is 0 Å². The number of ether oxygens (including phenoxy) is 1. The van der Waals surface area contributed by atoms with Gasteiger partial charge in [-0.1, -0.05) is 12.1 Å². The molecule has 3 N–H and O–H groups in total. The number of aryl methyl sites for hydroxylation is 2. The molecule has 0 aliphatic rings. The number of benzene rings is 1. The molecule has 27 heavy (non-hydrogen) atoms. The first-order valence-corrected chi connectivity index (χ1v) is 10.2. The monoisotopic (exact) mass is 512 g/mol. The van der Waals surface area contributed by atoms with Crippen molar-refractivity contribution >= 4 is 40.0 Å². The summed E-state index contributed by atoms with van der Waals surface area (Å²) in [4.78, 5) is 4.79. The lowest BCUT2D eigenvalue weighted by atomic mass is 10.1. The van der Waals surface area contributed by atoms with Gasteiger partial charge in [-0.05, 0) is 51.8 Å². The normalized spacial score (nSPS) is 12.4. The number of guanidine groups is 1. The van der Waals surface area contributed by atoms with E-state index in [1.54, 1.807) is 20.1 Å². The minimum Gasteiger partial charge on any atom is -0.377 e. The van der Waals surface area contributed by atoms with Crippen LogP contribution in [0.15, 0.2) is 28.1 Å². The molecule has 0 heterocycles. The van der Waals surface area contributed by atoms with Gasteiger partial charge < -0.3 is 15.4 Å². The van der Waals surface area contributed by atoms with Crippen LogP contribution in [0, 0.1) is 13.8 Å². The van der Waals surface area contributed by atoms with Crippen LogP contribution < -0.4 is 15.4 Å². The van der Waals surface area contributed by atoms with Crippen LogP contribution in [0.5, 0.6) is 0 Å². The van der Waals surface area contributed by atoms with E-state index in [4.69, 9.17) is 4.74 Å². The molecule has 0 spiro atoms. The minimum atomic E-state index is -3.53. The summed E-state index contributed by atoms with van der Waals surface area (Å²) in [5.74, 6) is 0.628. The number of sulfonamides is 1. The maximum absolute atomic E-state index is 12.5. The number of rotatable bonds is 9. The highest BCUT2D eigenvalue weighted by Crippen LogP contribution is 2.16. The first kappa shape index (κ1) is 26.1. The van der Waals surface area contributed by atoms with Crippen LogP contribution in [-0.2, 0) is 14.8 Å². The molecule has 0 unspecified atom stereocenters. The molecule has 0 saturated carbocycles. The first-order chi connectivity index (χ1) is 12.1. The van der Waals surface area contributed by atoms with Crippen LogP contribution >= 0.6 is 24.0 Å². The predicted octanol–water partition coefficient (Wildman–Crippen LogP) is 2.18. The van der Waals surface area contributed by atoms with Crippen molar-refractivity contribution in [2.45, 2.75) is 45.1 Å². The molecule has 0 aromatic heterocycles. The molecule has 9 heteroatoms. The van der Waals surface area contributed by atoms with E-state index >= 15 is 0 Å². The number of halogens is 1. The molecule has 1 aromatic rings. The Morgan fingerprint density at radius 1 is 1.19 bits per heavy atom. The van der Waals surface area contributed by atoms with E-state index in [2.05, 4.69) is 20.3 Å². The molecule has 0 saturated heterocycles. The summed E-state index contributed by atoms with van der Waals surface area (Å²) in [5, 5.41) is 6.26. The molecular weight excluding hydrogens is 479 g/mol. The summed E-state index contributed by atoms with van der Waals surface area (Å²) >= 11 is 0. The molecule has 0 amide bonds. The third-order valence-corrected chi connectivity index (χ3v) is 5.46. The van der Waals surface area contributed by atoms with Crippen molar-refractivity contribution in [2.24, 2.45) is 4.99 Å². The van der Waals surface area contributed by atoms with E-state index in [0.29, 0.717) is 30.5 Å². The highest BCUT2D eigenvalue weighted by Gasteiger charge is 2.17. The van der Waals surface area contributed by atoms with Gasteiger partial charge in [-0.25, -0.2) is 13.1 Å². The lowest BCUT2D eigenvalue weighted by Crippen LogP contribution is -2.42. The van der Waals surface area contributed by atoms with E-state index in [-0.39, 0.29) is 36.1 Å². The average Bonchev–Trinajstić information content (AvgIpc) is 2.58. The molecule has 0 aliphatic heterocycles. The van der Waals surface area contributed by atoms with Gasteiger partial charge in [0, 0.05) is 26.7 Å². The van der Waals surface area contributed by atoms with Gasteiger partial charge in [-0.15, -0.1) is 24.0 Å². The minimum absolute atomic E-state index is 0. The highest BCUT2D eigenvalue weighted by atomic mass is 127. The second-order valence-corrected chi connectivity index (χ2v) is 8.49. The topological polar surface area (TPSA) is 91.8 Å². The summed E-state index contributed by atoms with van der Waals surface area (Å²) in [6.07, 6.45) is 0. The zero-order valence-electron chi connectivity index (χ0n) is 17.0. The lowest BCUT2D eigenvalue weighted by Gasteiger charge is -2.21. The Hall–Kier alpha value is -0.910. The van der Waals surface area contributed by atoms with Crippen LogP contribution in [-0.4, -0.2) is 53.3 Å². The summed E-state index contributed by atoms with van der Waals surface area (Å²) < 4.78 is 32.9. The lowest BCUT2D eigenvalue weighted by molar-refractivity contribution is 0.0310. The third kappa shape index (κ3) is 9.22. The smallest absolute Gasteiger partial charge is 0.240 e. The van der Waals surface area contributed by atoms with Gasteiger partial charge in [0.25, 0.3) is 0 Å². The molecule has 0 bridgehead atoms. The number of methoxy groups -OCH3 is 1. The molecule has 0 fully saturated rings. The quantitative estimate of drug-likeness (QED) is 0.204. The van der Waals surface area contributed by atoms with Gasteiger partial charge in [0.15, 0.2) is 5.96 Å². The van der Waals surface area contributed by atoms with Gasteiger partial charge in [-0.3, -0.25) is 4.99 Å². The van der Waals surface area contributed by atoms with E-state index in [9.17, 15) is 8.42 Å². The van der Waals surface area contributed by atoms with Crippen molar-refractivity contribution in [1.29, 1.82) is 0 Å². The number of aliphatic imine (C=N–C) groups is 1. The number of nitrogens with zero attached hydrogens (tertiary/aromatic N) is 1. The molecule has 7 nitrogen and oxygen atoms in total. The highest BCUT2D eigenvalue weighted by molar-refractivity contribution is 14.0. The van der Waals surface area contributed by atoms with E-state index in [1.807, 2.05) is 39.8 Å². The summed E-state index contributed by atoms with van der Waals surface area (Å²) in [6.45, 7) is 11.4. The molecule has 156 valence electrons. The number of hydrogen-bond donors (Lipinski definition) is 3. The van der Waals surface area contributed by atoms with Gasteiger partial charge >= 0.3 is 0 Å².